The average Bonchev–Trinajstić information content (AvgIpc) is 3.27. The van der Waals surface area contributed by atoms with Crippen LogP contribution in [-0.4, -0.2) is 22.0 Å². The van der Waals surface area contributed by atoms with Crippen LogP contribution in [0.2, 0.25) is 10.0 Å². The lowest BCUT2D eigenvalue weighted by Gasteiger charge is -2.16. The third kappa shape index (κ3) is 5.22. The number of anilines is 1. The van der Waals surface area contributed by atoms with E-state index in [0.29, 0.717) is 21.5 Å². The van der Waals surface area contributed by atoms with E-state index < -0.39 is 6.10 Å². The van der Waals surface area contributed by atoms with Gasteiger partial charge >= 0.3 is 0 Å². The lowest BCUT2D eigenvalue weighted by atomic mass is 10.1. The number of nitrogens with one attached hydrogen (secondary N) is 1. The first-order valence-corrected chi connectivity index (χ1v) is 11.0. The number of hydrogen-bond acceptors (Lipinski definition) is 5. The second-order valence-corrected chi connectivity index (χ2v) is 8.39. The molecular formula is C23H17Cl2N3O2S. The Morgan fingerprint density at radius 2 is 1.94 bits per heavy atom. The first-order valence-electron chi connectivity index (χ1n) is 9.38. The van der Waals surface area contributed by atoms with Crippen LogP contribution < -0.4 is 10.1 Å². The Morgan fingerprint density at radius 3 is 2.71 bits per heavy atom. The molecule has 2 aromatic carbocycles. The highest BCUT2D eigenvalue weighted by atomic mass is 35.5. The Labute approximate surface area is 193 Å². The third-order valence-corrected chi connectivity index (χ3v) is 5.83. The second-order valence-electron chi connectivity index (χ2n) is 6.68. The van der Waals surface area contributed by atoms with Gasteiger partial charge in [0, 0.05) is 39.6 Å². The van der Waals surface area contributed by atoms with E-state index in [4.69, 9.17) is 32.9 Å². The molecule has 0 aliphatic heterocycles. The minimum atomic E-state index is -0.751. The molecule has 8 heteroatoms. The molecule has 4 rings (SSSR count). The van der Waals surface area contributed by atoms with E-state index in [0.717, 1.165) is 21.8 Å². The van der Waals surface area contributed by atoms with Crippen LogP contribution in [-0.2, 0) is 4.79 Å². The van der Waals surface area contributed by atoms with Gasteiger partial charge in [0.25, 0.3) is 5.91 Å². The highest BCUT2D eigenvalue weighted by molar-refractivity contribution is 7.13. The minimum Gasteiger partial charge on any atom is -0.479 e. The van der Waals surface area contributed by atoms with Crippen molar-refractivity contribution in [3.8, 4) is 27.6 Å². The van der Waals surface area contributed by atoms with Gasteiger partial charge < -0.3 is 10.1 Å². The van der Waals surface area contributed by atoms with Gasteiger partial charge in [-0.2, -0.15) is 0 Å². The van der Waals surface area contributed by atoms with Gasteiger partial charge in [-0.3, -0.25) is 9.78 Å². The largest absolute Gasteiger partial charge is 0.479 e. The zero-order valence-corrected chi connectivity index (χ0v) is 18.7. The summed E-state index contributed by atoms with van der Waals surface area (Å²) in [6, 6.07) is 16.2. The number of halogens is 2. The van der Waals surface area contributed by atoms with Gasteiger partial charge in [-0.1, -0.05) is 35.3 Å². The Morgan fingerprint density at radius 1 is 1.10 bits per heavy atom. The Balaban J connectivity index is 1.46. The monoisotopic (exact) mass is 469 g/mol. The molecule has 0 aliphatic rings. The molecule has 0 radical (unpaired) electrons. The molecule has 0 spiro atoms. The lowest BCUT2D eigenvalue weighted by Crippen LogP contribution is -2.30. The van der Waals surface area contributed by atoms with Crippen LogP contribution in [0.3, 0.4) is 0 Å². The number of thiazole rings is 1. The quantitative estimate of drug-likeness (QED) is 0.346. The predicted octanol–water partition coefficient (Wildman–Crippen LogP) is 6.58. The van der Waals surface area contributed by atoms with Crippen molar-refractivity contribution in [2.45, 2.75) is 13.0 Å². The van der Waals surface area contributed by atoms with Crippen molar-refractivity contribution in [2.24, 2.45) is 0 Å². The molecule has 0 saturated heterocycles. The van der Waals surface area contributed by atoms with Crippen LogP contribution in [0.5, 0.6) is 5.75 Å². The predicted molar refractivity (Wildman–Crippen MR) is 126 cm³/mol. The number of amides is 1. The lowest BCUT2D eigenvalue weighted by molar-refractivity contribution is -0.122. The van der Waals surface area contributed by atoms with E-state index in [2.05, 4.69) is 10.3 Å². The molecule has 1 N–H and O–H groups in total. The number of benzene rings is 2. The van der Waals surface area contributed by atoms with Crippen molar-refractivity contribution in [3.05, 3.63) is 82.4 Å². The fraction of sp³-hybridized carbons (Fsp3) is 0.0870. The van der Waals surface area contributed by atoms with Crippen LogP contribution >= 0.6 is 34.5 Å². The molecule has 31 heavy (non-hydrogen) atoms. The molecule has 1 unspecified atom stereocenters. The number of aromatic nitrogens is 2. The first-order chi connectivity index (χ1) is 15.0. The molecule has 0 bridgehead atoms. The van der Waals surface area contributed by atoms with Gasteiger partial charge in [0.1, 0.15) is 10.8 Å². The van der Waals surface area contributed by atoms with Crippen molar-refractivity contribution in [3.63, 3.8) is 0 Å². The zero-order valence-electron chi connectivity index (χ0n) is 16.4. The fourth-order valence-electron chi connectivity index (χ4n) is 2.84. The summed E-state index contributed by atoms with van der Waals surface area (Å²) in [7, 11) is 0. The topological polar surface area (TPSA) is 64.1 Å². The summed E-state index contributed by atoms with van der Waals surface area (Å²) in [5.41, 5.74) is 3.35. The van der Waals surface area contributed by atoms with Crippen LogP contribution in [0.15, 0.2) is 72.4 Å². The van der Waals surface area contributed by atoms with Crippen LogP contribution in [0.4, 0.5) is 5.69 Å². The third-order valence-electron chi connectivity index (χ3n) is 4.41. The molecule has 5 nitrogen and oxygen atoms in total. The summed E-state index contributed by atoms with van der Waals surface area (Å²) in [6.07, 6.45) is 2.77. The molecule has 2 heterocycles. The number of ether oxygens (including phenoxy) is 1. The molecule has 0 fully saturated rings. The summed E-state index contributed by atoms with van der Waals surface area (Å²) in [5, 5.41) is 6.60. The summed E-state index contributed by atoms with van der Waals surface area (Å²) in [5.74, 6) is 0.102. The van der Waals surface area contributed by atoms with Crippen molar-refractivity contribution < 1.29 is 9.53 Å². The van der Waals surface area contributed by atoms with Crippen molar-refractivity contribution in [2.75, 3.05) is 5.32 Å². The molecule has 1 atom stereocenters. The Kier molecular flexibility index (Phi) is 6.51. The Hall–Kier alpha value is -2.93. The van der Waals surface area contributed by atoms with Gasteiger partial charge in [0.2, 0.25) is 0 Å². The van der Waals surface area contributed by atoms with Crippen LogP contribution in [0.25, 0.3) is 21.8 Å². The van der Waals surface area contributed by atoms with Crippen molar-refractivity contribution in [1.29, 1.82) is 0 Å². The molecular weight excluding hydrogens is 453 g/mol. The molecule has 156 valence electrons. The Bertz CT molecular complexity index is 1210. The van der Waals surface area contributed by atoms with E-state index in [1.54, 1.807) is 48.9 Å². The van der Waals surface area contributed by atoms with E-state index in [1.165, 1.54) is 0 Å². The average molecular weight is 470 g/mol. The summed E-state index contributed by atoms with van der Waals surface area (Å²) < 4.78 is 5.68. The number of carbonyl (C=O) groups is 1. The van der Waals surface area contributed by atoms with E-state index in [9.17, 15) is 4.79 Å². The van der Waals surface area contributed by atoms with Crippen molar-refractivity contribution in [1.82, 2.24) is 9.97 Å². The molecule has 0 saturated carbocycles. The van der Waals surface area contributed by atoms with Crippen molar-refractivity contribution >= 4 is 46.1 Å². The van der Waals surface area contributed by atoms with Crippen LogP contribution in [0, 0.1) is 0 Å². The maximum Gasteiger partial charge on any atom is 0.265 e. The molecule has 4 aromatic rings. The maximum atomic E-state index is 12.6. The number of rotatable bonds is 6. The normalized spacial score (nSPS) is 11.7. The highest BCUT2D eigenvalue weighted by Gasteiger charge is 2.17. The number of hydrogen-bond donors (Lipinski definition) is 1. The smallest absolute Gasteiger partial charge is 0.265 e. The zero-order chi connectivity index (χ0) is 21.8. The summed E-state index contributed by atoms with van der Waals surface area (Å²) in [4.78, 5) is 21.4. The molecule has 1 amide bonds. The number of pyridine rings is 1. The summed E-state index contributed by atoms with van der Waals surface area (Å²) >= 11 is 13.6. The standard InChI is InChI=1S/C23H17Cl2N3O2S/c1-14(30-21-8-7-17(24)11-19(21)25)22(29)27-18-6-2-4-15(10-18)20-13-31-23(28-20)16-5-3-9-26-12-16/h2-14H,1H3,(H,27,29). The number of carbonyl (C=O) groups excluding carboxylic acids is 1. The van der Waals surface area contributed by atoms with E-state index in [-0.39, 0.29) is 5.91 Å². The van der Waals surface area contributed by atoms with Crippen LogP contribution in [0.1, 0.15) is 6.92 Å². The van der Waals surface area contributed by atoms with Gasteiger partial charge in [-0.15, -0.1) is 11.3 Å². The first kappa shape index (κ1) is 21.3. The SMILES string of the molecule is CC(Oc1ccc(Cl)cc1Cl)C(=O)Nc1cccc(-c2csc(-c3cccnc3)n2)c1. The van der Waals surface area contributed by atoms with Gasteiger partial charge in [-0.25, -0.2) is 4.98 Å². The van der Waals surface area contributed by atoms with Gasteiger partial charge in [0.15, 0.2) is 6.10 Å². The van der Waals surface area contributed by atoms with Gasteiger partial charge in [0.05, 0.1) is 10.7 Å². The summed E-state index contributed by atoms with van der Waals surface area (Å²) in [6.45, 7) is 1.66. The number of nitrogens with zero attached hydrogens (tertiary/aromatic N) is 2. The highest BCUT2D eigenvalue weighted by Crippen LogP contribution is 2.30. The van der Waals surface area contributed by atoms with E-state index >= 15 is 0 Å². The molecule has 2 aromatic heterocycles. The van der Waals surface area contributed by atoms with Gasteiger partial charge in [-0.05, 0) is 49.4 Å². The van der Waals surface area contributed by atoms with E-state index in [1.807, 2.05) is 41.8 Å². The second kappa shape index (κ2) is 9.47. The fourth-order valence-corrected chi connectivity index (χ4v) is 4.12. The minimum absolute atomic E-state index is 0.294. The molecule has 0 aliphatic carbocycles. The maximum absolute atomic E-state index is 12.6.